The van der Waals surface area contributed by atoms with Gasteiger partial charge in [0.2, 0.25) is 0 Å². The first kappa shape index (κ1) is 34.5. The Morgan fingerprint density at radius 3 is 1.96 bits per heavy atom. The highest BCUT2D eigenvalue weighted by Gasteiger charge is 2.22. The zero-order valence-electron chi connectivity index (χ0n) is 28.4. The molecule has 0 radical (unpaired) electrons. The minimum atomic E-state index is -0.0139. The van der Waals surface area contributed by atoms with Crippen LogP contribution in [0.5, 0.6) is 5.75 Å². The molecule has 9 nitrogen and oxygen atoms in total. The zero-order valence-corrected chi connectivity index (χ0v) is 28.4. The van der Waals surface area contributed by atoms with E-state index in [1.165, 1.54) is 5.56 Å². The normalized spacial score (nSPS) is 11.4. The number of hydrogen-bond acceptors (Lipinski definition) is 7. The molecule has 0 saturated carbocycles. The van der Waals surface area contributed by atoms with Gasteiger partial charge in [-0.05, 0) is 75.9 Å². The topological polar surface area (TPSA) is 88.3 Å². The maximum absolute atomic E-state index is 5.30. The van der Waals surface area contributed by atoms with Gasteiger partial charge in [-0.25, -0.2) is 0 Å². The summed E-state index contributed by atoms with van der Waals surface area (Å²) in [6, 6.07) is 16.4. The van der Waals surface area contributed by atoms with Crippen molar-refractivity contribution in [3.63, 3.8) is 0 Å². The third kappa shape index (κ3) is 10.3. The van der Waals surface area contributed by atoms with Gasteiger partial charge >= 0.3 is 0 Å². The van der Waals surface area contributed by atoms with Crippen molar-refractivity contribution in [2.24, 2.45) is 0 Å². The number of aromatic amines is 2. The fourth-order valence-electron chi connectivity index (χ4n) is 5.28. The Bertz CT molecular complexity index is 1650. The third-order valence-electron chi connectivity index (χ3n) is 7.98. The second-order valence-corrected chi connectivity index (χ2v) is 12.5. The van der Waals surface area contributed by atoms with Crippen molar-refractivity contribution in [3.05, 3.63) is 100 Å². The van der Waals surface area contributed by atoms with Crippen molar-refractivity contribution in [1.82, 2.24) is 40.4 Å². The molecular weight excluding hydrogens is 572 g/mol. The van der Waals surface area contributed by atoms with Crippen molar-refractivity contribution in [2.45, 2.75) is 32.4 Å². The van der Waals surface area contributed by atoms with Crippen LogP contribution in [0.1, 0.15) is 53.1 Å². The van der Waals surface area contributed by atoms with Gasteiger partial charge in [-0.2, -0.15) is 10.2 Å². The summed E-state index contributed by atoms with van der Waals surface area (Å²) < 4.78 is 5.30. The first-order valence-electron chi connectivity index (χ1n) is 15.7. The van der Waals surface area contributed by atoms with Crippen LogP contribution >= 0.6 is 0 Å². The summed E-state index contributed by atoms with van der Waals surface area (Å²) in [6.07, 6.45) is 3.88. The molecular formula is C37H48N8O. The molecule has 0 spiro atoms. The first-order chi connectivity index (χ1) is 22.2. The van der Waals surface area contributed by atoms with E-state index in [0.29, 0.717) is 0 Å². The molecule has 4 aromatic rings. The number of aromatic nitrogens is 4. The summed E-state index contributed by atoms with van der Waals surface area (Å²) in [6.45, 7) is 10.9. The lowest BCUT2D eigenvalue weighted by Gasteiger charge is -2.32. The zero-order chi connectivity index (χ0) is 32.9. The molecule has 0 unspecified atom stereocenters. The molecule has 0 aliphatic heterocycles. The van der Waals surface area contributed by atoms with Crippen molar-refractivity contribution in [2.75, 3.05) is 68.0 Å². The van der Waals surface area contributed by atoms with E-state index in [1.807, 2.05) is 43.7 Å². The van der Waals surface area contributed by atoms with Crippen molar-refractivity contribution >= 4 is 0 Å². The highest BCUT2D eigenvalue weighted by atomic mass is 16.5. The average Bonchev–Trinajstić information content (AvgIpc) is 3.69. The Morgan fingerprint density at radius 1 is 0.761 bits per heavy atom. The van der Waals surface area contributed by atoms with Gasteiger partial charge in [-0.15, -0.1) is 0 Å². The van der Waals surface area contributed by atoms with Gasteiger partial charge in [0.1, 0.15) is 17.1 Å². The lowest BCUT2D eigenvalue weighted by Crippen LogP contribution is -2.38. The van der Waals surface area contributed by atoms with Crippen LogP contribution in [0, 0.1) is 23.7 Å². The predicted molar refractivity (Wildman–Crippen MR) is 186 cm³/mol. The smallest absolute Gasteiger partial charge is 0.139 e. The molecule has 0 saturated heterocycles. The summed E-state index contributed by atoms with van der Waals surface area (Å²) in [4.78, 5) is 6.97. The van der Waals surface area contributed by atoms with E-state index in [2.05, 4.69) is 123 Å². The Kier molecular flexibility index (Phi) is 12.6. The Balaban J connectivity index is 1.27. The van der Waals surface area contributed by atoms with E-state index < -0.39 is 0 Å². The molecule has 0 aliphatic rings. The number of nitrogens with zero attached hydrogens (tertiary/aromatic N) is 5. The molecule has 9 heteroatoms. The average molecular weight is 621 g/mol. The Hall–Kier alpha value is -4.38. The fraction of sp³-hybridized carbons (Fsp3) is 0.405. The van der Waals surface area contributed by atoms with E-state index in [-0.39, 0.29) is 5.41 Å². The molecule has 2 heterocycles. The molecule has 2 aromatic heterocycles. The van der Waals surface area contributed by atoms with Gasteiger partial charge < -0.3 is 24.8 Å². The van der Waals surface area contributed by atoms with E-state index in [0.717, 1.165) is 85.2 Å². The van der Waals surface area contributed by atoms with Gasteiger partial charge in [0.05, 0.1) is 7.11 Å². The third-order valence-corrected chi connectivity index (χ3v) is 7.98. The molecule has 0 fully saturated rings. The summed E-state index contributed by atoms with van der Waals surface area (Å²) in [7, 11) is 10.1. The van der Waals surface area contributed by atoms with Crippen LogP contribution in [0.15, 0.2) is 60.9 Å². The highest BCUT2D eigenvalue weighted by Crippen LogP contribution is 2.24. The summed E-state index contributed by atoms with van der Waals surface area (Å²) in [5.74, 6) is 13.8. The number of rotatable bonds is 14. The van der Waals surface area contributed by atoms with Crippen molar-refractivity contribution in [3.8, 4) is 29.4 Å². The monoisotopic (exact) mass is 620 g/mol. The summed E-state index contributed by atoms with van der Waals surface area (Å²) >= 11 is 0. The largest absolute Gasteiger partial charge is 0.497 e. The van der Waals surface area contributed by atoms with Crippen LogP contribution in [0.4, 0.5) is 0 Å². The maximum Gasteiger partial charge on any atom is 0.139 e. The van der Waals surface area contributed by atoms with Gasteiger partial charge in [0.15, 0.2) is 0 Å². The SMILES string of the molecule is CNCCN(C)Cc1c[nH]nc1C#Cc1ccc(C(C)(C)CN(C)CCN(C)Cc2c[nH]nc2C#Cc2cccc(OC)c2)cc1. The van der Waals surface area contributed by atoms with Crippen molar-refractivity contribution < 1.29 is 4.74 Å². The number of hydrogen-bond donors (Lipinski definition) is 3. The van der Waals surface area contributed by atoms with Crippen LogP contribution in [0.2, 0.25) is 0 Å². The lowest BCUT2D eigenvalue weighted by atomic mass is 9.84. The van der Waals surface area contributed by atoms with Gasteiger partial charge in [0, 0.05) is 85.9 Å². The highest BCUT2D eigenvalue weighted by molar-refractivity contribution is 5.45. The minimum absolute atomic E-state index is 0.0139. The molecule has 3 N–H and O–H groups in total. The lowest BCUT2D eigenvalue weighted by molar-refractivity contribution is 0.222. The van der Waals surface area contributed by atoms with Crippen LogP contribution in [0.25, 0.3) is 0 Å². The van der Waals surface area contributed by atoms with Gasteiger partial charge in [-0.3, -0.25) is 10.2 Å². The number of methoxy groups -OCH3 is 1. The first-order valence-corrected chi connectivity index (χ1v) is 15.7. The number of likely N-dealkylation sites (N-methyl/N-ethyl adjacent to an activating group) is 4. The fourth-order valence-corrected chi connectivity index (χ4v) is 5.28. The van der Waals surface area contributed by atoms with E-state index >= 15 is 0 Å². The van der Waals surface area contributed by atoms with Crippen LogP contribution < -0.4 is 10.1 Å². The van der Waals surface area contributed by atoms with E-state index in [4.69, 9.17) is 4.74 Å². The second-order valence-electron chi connectivity index (χ2n) is 12.5. The van der Waals surface area contributed by atoms with E-state index in [9.17, 15) is 0 Å². The Labute approximate surface area is 274 Å². The van der Waals surface area contributed by atoms with Crippen LogP contribution in [-0.4, -0.2) is 103 Å². The summed E-state index contributed by atoms with van der Waals surface area (Å²) in [5, 5.41) is 17.9. The Morgan fingerprint density at radius 2 is 1.35 bits per heavy atom. The molecule has 46 heavy (non-hydrogen) atoms. The molecule has 242 valence electrons. The molecule has 0 bridgehead atoms. The van der Waals surface area contributed by atoms with Gasteiger partial charge in [-0.1, -0.05) is 43.9 Å². The minimum Gasteiger partial charge on any atom is -0.497 e. The van der Waals surface area contributed by atoms with E-state index in [1.54, 1.807) is 7.11 Å². The van der Waals surface area contributed by atoms with Crippen LogP contribution in [-0.2, 0) is 18.5 Å². The van der Waals surface area contributed by atoms with Gasteiger partial charge in [0.25, 0.3) is 0 Å². The molecule has 4 rings (SSSR count). The number of H-pyrrole nitrogens is 2. The second kappa shape index (κ2) is 16.8. The summed E-state index contributed by atoms with van der Waals surface area (Å²) in [5.41, 5.74) is 6.94. The number of benzene rings is 2. The molecule has 0 aliphatic carbocycles. The molecule has 0 amide bonds. The number of ether oxygens (including phenoxy) is 1. The standard InChI is InChI=1S/C37H48N8O/c1-37(2,33-15-11-29(12-16-33)13-17-35-31(24-39-41-35)26-43(4)20-19-38-3)28-45(6)22-21-44(5)27-32-25-40-42-36(32)18-14-30-9-8-10-34(23-30)46-7/h8-12,15-16,23-25,38H,19-22,26-28H2,1-7H3,(H,39,41)(H,40,42). The van der Waals surface area contributed by atoms with Crippen LogP contribution in [0.3, 0.4) is 0 Å². The molecule has 2 aromatic carbocycles. The maximum atomic E-state index is 5.30. The predicted octanol–water partition coefficient (Wildman–Crippen LogP) is 3.93. The van der Waals surface area contributed by atoms with Crippen molar-refractivity contribution in [1.29, 1.82) is 0 Å². The molecule has 0 atom stereocenters. The quantitative estimate of drug-likeness (QED) is 0.184. The number of nitrogens with one attached hydrogen (secondary N) is 3.